The Labute approximate surface area is 117 Å². The van der Waals surface area contributed by atoms with Crippen LogP contribution in [0.5, 0.6) is 0 Å². The zero-order valence-electron chi connectivity index (χ0n) is 10.3. The molecule has 1 N–H and O–H groups in total. The van der Waals surface area contributed by atoms with Gasteiger partial charge in [0.1, 0.15) is 0 Å². The zero-order valence-corrected chi connectivity index (χ0v) is 11.8. The molecule has 3 nitrogen and oxygen atoms in total. The van der Waals surface area contributed by atoms with Crippen LogP contribution in [-0.2, 0) is 0 Å². The van der Waals surface area contributed by atoms with Gasteiger partial charge in [0.05, 0.1) is 23.2 Å². The largest absolute Gasteiger partial charge is 0.395 e. The number of Topliss-reactive ketones (excluding diaryl/α,β-unsaturated/α-hetero) is 1. The van der Waals surface area contributed by atoms with E-state index in [0.717, 1.165) is 13.0 Å². The number of ketones is 1. The molecule has 0 unspecified atom stereocenters. The summed E-state index contributed by atoms with van der Waals surface area (Å²) in [5, 5.41) is 9.76. The Morgan fingerprint density at radius 1 is 1.28 bits per heavy atom. The van der Waals surface area contributed by atoms with Crippen molar-refractivity contribution in [3.8, 4) is 0 Å². The van der Waals surface area contributed by atoms with E-state index in [1.165, 1.54) is 0 Å². The summed E-state index contributed by atoms with van der Waals surface area (Å²) in [6, 6.07) is 4.86. The number of benzene rings is 1. The molecule has 18 heavy (non-hydrogen) atoms. The minimum atomic E-state index is -0.0181. The van der Waals surface area contributed by atoms with Crippen LogP contribution in [0, 0.1) is 0 Å². The van der Waals surface area contributed by atoms with Crippen LogP contribution < -0.4 is 0 Å². The molecule has 0 atom stereocenters. The fraction of sp³-hybridized carbons (Fsp3) is 0.462. The molecule has 0 amide bonds. The Hall–Kier alpha value is -0.610. The average molecular weight is 290 g/mol. The summed E-state index contributed by atoms with van der Waals surface area (Å²) in [6.45, 7) is 3.66. The first-order valence-corrected chi connectivity index (χ1v) is 6.65. The molecule has 1 aromatic carbocycles. The van der Waals surface area contributed by atoms with Gasteiger partial charge >= 0.3 is 0 Å². The van der Waals surface area contributed by atoms with Gasteiger partial charge < -0.3 is 5.11 Å². The lowest BCUT2D eigenvalue weighted by Crippen LogP contribution is -2.33. The van der Waals surface area contributed by atoms with Gasteiger partial charge in [0.2, 0.25) is 0 Å². The van der Waals surface area contributed by atoms with Gasteiger partial charge in [0, 0.05) is 12.1 Å². The Morgan fingerprint density at radius 2 is 2.00 bits per heavy atom. The number of rotatable bonds is 7. The monoisotopic (exact) mass is 289 g/mol. The third-order valence-electron chi connectivity index (χ3n) is 2.56. The van der Waals surface area contributed by atoms with Gasteiger partial charge in [0.15, 0.2) is 5.78 Å². The molecule has 100 valence electrons. The third-order valence-corrected chi connectivity index (χ3v) is 3.30. The van der Waals surface area contributed by atoms with E-state index in [4.69, 9.17) is 28.3 Å². The summed E-state index contributed by atoms with van der Waals surface area (Å²) < 4.78 is 0. The highest BCUT2D eigenvalue weighted by Gasteiger charge is 2.12. The van der Waals surface area contributed by atoms with Crippen molar-refractivity contribution in [2.75, 3.05) is 26.2 Å². The molecule has 0 aromatic heterocycles. The van der Waals surface area contributed by atoms with Crippen molar-refractivity contribution in [1.82, 2.24) is 4.90 Å². The quantitative estimate of drug-likeness (QED) is 0.785. The van der Waals surface area contributed by atoms with E-state index in [9.17, 15) is 4.79 Å². The lowest BCUT2D eigenvalue weighted by molar-refractivity contribution is 0.0915. The summed E-state index contributed by atoms with van der Waals surface area (Å²) >= 11 is 11.7. The normalized spacial score (nSPS) is 10.9. The molecule has 0 aliphatic heterocycles. The maximum atomic E-state index is 12.0. The first kappa shape index (κ1) is 15.4. The fourth-order valence-corrected chi connectivity index (χ4v) is 1.99. The van der Waals surface area contributed by atoms with Crippen molar-refractivity contribution in [3.05, 3.63) is 33.8 Å². The molecule has 0 heterocycles. The van der Waals surface area contributed by atoms with Crippen LogP contribution in [0.4, 0.5) is 0 Å². The van der Waals surface area contributed by atoms with Gasteiger partial charge in [0.25, 0.3) is 0 Å². The molecule has 1 aromatic rings. The Morgan fingerprint density at radius 3 is 2.56 bits per heavy atom. The predicted molar refractivity (Wildman–Crippen MR) is 74.6 cm³/mol. The van der Waals surface area contributed by atoms with Crippen molar-refractivity contribution in [2.24, 2.45) is 0 Å². The van der Waals surface area contributed by atoms with E-state index in [-0.39, 0.29) is 18.9 Å². The molecular formula is C13H17Cl2NO2. The van der Waals surface area contributed by atoms with Crippen molar-refractivity contribution < 1.29 is 9.90 Å². The van der Waals surface area contributed by atoms with Crippen molar-refractivity contribution in [1.29, 1.82) is 0 Å². The lowest BCUT2D eigenvalue weighted by atomic mass is 10.1. The first-order chi connectivity index (χ1) is 8.58. The van der Waals surface area contributed by atoms with Crippen molar-refractivity contribution in [3.63, 3.8) is 0 Å². The minimum absolute atomic E-state index is 0.0181. The van der Waals surface area contributed by atoms with Crippen LogP contribution in [0.25, 0.3) is 0 Å². The van der Waals surface area contributed by atoms with Crippen molar-refractivity contribution in [2.45, 2.75) is 13.3 Å². The second-order valence-corrected chi connectivity index (χ2v) is 4.87. The van der Waals surface area contributed by atoms with Crippen LogP contribution in [0.1, 0.15) is 23.7 Å². The molecule has 0 aliphatic carbocycles. The molecule has 1 rings (SSSR count). The van der Waals surface area contributed by atoms with Crippen molar-refractivity contribution >= 4 is 29.0 Å². The second-order valence-electron chi connectivity index (χ2n) is 4.05. The second kappa shape index (κ2) is 7.74. The molecule has 0 spiro atoms. The first-order valence-electron chi connectivity index (χ1n) is 5.90. The molecule has 0 saturated heterocycles. The number of halogens is 2. The van der Waals surface area contributed by atoms with E-state index >= 15 is 0 Å². The number of carbonyl (C=O) groups excluding carboxylic acids is 1. The van der Waals surface area contributed by atoms with E-state index in [1.807, 2.05) is 11.8 Å². The number of carbonyl (C=O) groups is 1. The standard InChI is InChI=1S/C13H17Cl2NO2/c1-2-5-16(6-7-17)9-13(18)10-3-4-11(14)12(15)8-10/h3-4,8,17H,2,5-7,9H2,1H3. The van der Waals surface area contributed by atoms with E-state index in [0.29, 0.717) is 22.2 Å². The van der Waals surface area contributed by atoms with Gasteiger partial charge in [-0.2, -0.15) is 0 Å². The van der Waals surface area contributed by atoms with E-state index < -0.39 is 0 Å². The van der Waals surface area contributed by atoms with E-state index in [2.05, 4.69) is 0 Å². The predicted octanol–water partition coefficient (Wildman–Crippen LogP) is 2.88. The Bertz CT molecular complexity index is 404. The van der Waals surface area contributed by atoms with Gasteiger partial charge in [-0.3, -0.25) is 9.69 Å². The van der Waals surface area contributed by atoms with Gasteiger partial charge in [-0.1, -0.05) is 30.1 Å². The third kappa shape index (κ3) is 4.58. The number of hydrogen-bond donors (Lipinski definition) is 1. The highest BCUT2D eigenvalue weighted by molar-refractivity contribution is 6.42. The smallest absolute Gasteiger partial charge is 0.176 e. The molecule has 0 bridgehead atoms. The maximum absolute atomic E-state index is 12.0. The summed E-state index contributed by atoms with van der Waals surface area (Å²) in [4.78, 5) is 14.0. The van der Waals surface area contributed by atoms with Crippen LogP contribution in [0.15, 0.2) is 18.2 Å². The number of aliphatic hydroxyl groups excluding tert-OH is 1. The average Bonchev–Trinajstić information content (AvgIpc) is 2.33. The SMILES string of the molecule is CCCN(CCO)CC(=O)c1ccc(Cl)c(Cl)c1. The molecule has 0 fully saturated rings. The highest BCUT2D eigenvalue weighted by atomic mass is 35.5. The molecule has 0 saturated carbocycles. The number of hydrogen-bond acceptors (Lipinski definition) is 3. The van der Waals surface area contributed by atoms with Crippen LogP contribution >= 0.6 is 23.2 Å². The summed E-state index contributed by atoms with van der Waals surface area (Å²) in [5.41, 5.74) is 0.545. The zero-order chi connectivity index (χ0) is 13.5. The molecule has 0 aliphatic rings. The Balaban J connectivity index is 2.70. The summed E-state index contributed by atoms with van der Waals surface area (Å²) in [7, 11) is 0. The highest BCUT2D eigenvalue weighted by Crippen LogP contribution is 2.22. The van der Waals surface area contributed by atoms with Gasteiger partial charge in [-0.05, 0) is 31.2 Å². The topological polar surface area (TPSA) is 40.5 Å². The van der Waals surface area contributed by atoms with Gasteiger partial charge in [-0.25, -0.2) is 0 Å². The number of aliphatic hydroxyl groups is 1. The summed E-state index contributed by atoms with van der Waals surface area (Å²) in [5.74, 6) is -0.0181. The Kier molecular flexibility index (Phi) is 6.65. The van der Waals surface area contributed by atoms with Crippen LogP contribution in [0.3, 0.4) is 0 Å². The number of nitrogens with zero attached hydrogens (tertiary/aromatic N) is 1. The lowest BCUT2D eigenvalue weighted by Gasteiger charge is -2.19. The molecular weight excluding hydrogens is 273 g/mol. The summed E-state index contributed by atoms with van der Waals surface area (Å²) in [6.07, 6.45) is 0.939. The molecule has 5 heteroatoms. The van der Waals surface area contributed by atoms with Crippen LogP contribution in [0.2, 0.25) is 10.0 Å². The minimum Gasteiger partial charge on any atom is -0.395 e. The maximum Gasteiger partial charge on any atom is 0.176 e. The van der Waals surface area contributed by atoms with Crippen LogP contribution in [-0.4, -0.2) is 42.0 Å². The fourth-order valence-electron chi connectivity index (χ4n) is 1.69. The van der Waals surface area contributed by atoms with Gasteiger partial charge in [-0.15, -0.1) is 0 Å². The van der Waals surface area contributed by atoms with E-state index in [1.54, 1.807) is 18.2 Å². The molecule has 0 radical (unpaired) electrons.